The lowest BCUT2D eigenvalue weighted by Gasteiger charge is -2.08. The molecule has 2 aromatic rings. The zero-order chi connectivity index (χ0) is 13.0. The van der Waals surface area contributed by atoms with Gasteiger partial charge in [0.1, 0.15) is 5.69 Å². The number of para-hydroxylation sites is 1. The molecule has 0 saturated heterocycles. The number of nitrogens with zero attached hydrogens (tertiary/aromatic N) is 1. The highest BCUT2D eigenvalue weighted by Gasteiger charge is 2.10. The second kappa shape index (κ2) is 5.64. The fraction of sp³-hybridized carbons (Fsp3) is 0.0769. The van der Waals surface area contributed by atoms with Crippen LogP contribution < -0.4 is 5.32 Å². The van der Waals surface area contributed by atoms with Gasteiger partial charge in [0.05, 0.1) is 5.69 Å². The SMILES string of the molecule is CSc1ccccc1NC(=O)c1cccc(F)n1. The minimum absolute atomic E-state index is 0.0610. The Morgan fingerprint density at radius 2 is 2.00 bits per heavy atom. The van der Waals surface area contributed by atoms with E-state index in [0.29, 0.717) is 5.69 Å². The monoisotopic (exact) mass is 262 g/mol. The molecule has 3 nitrogen and oxygen atoms in total. The number of thioether (sulfide) groups is 1. The van der Waals surface area contributed by atoms with Crippen LogP contribution in [0.1, 0.15) is 10.5 Å². The zero-order valence-electron chi connectivity index (χ0n) is 9.68. The summed E-state index contributed by atoms with van der Waals surface area (Å²) < 4.78 is 12.9. The Morgan fingerprint density at radius 3 is 2.72 bits per heavy atom. The van der Waals surface area contributed by atoms with Gasteiger partial charge in [0.25, 0.3) is 5.91 Å². The first-order chi connectivity index (χ1) is 8.70. The van der Waals surface area contributed by atoms with Crippen LogP contribution in [0.5, 0.6) is 0 Å². The van der Waals surface area contributed by atoms with Crippen LogP contribution in [0.3, 0.4) is 0 Å². The molecule has 0 aliphatic carbocycles. The molecule has 0 aliphatic heterocycles. The minimum Gasteiger partial charge on any atom is -0.320 e. The van der Waals surface area contributed by atoms with E-state index in [4.69, 9.17) is 0 Å². The van der Waals surface area contributed by atoms with Gasteiger partial charge < -0.3 is 5.32 Å². The number of hydrogen-bond acceptors (Lipinski definition) is 3. The van der Waals surface area contributed by atoms with Gasteiger partial charge in [-0.15, -0.1) is 11.8 Å². The molecule has 0 aliphatic rings. The third-order valence-corrected chi connectivity index (χ3v) is 3.10. The van der Waals surface area contributed by atoms with E-state index in [0.717, 1.165) is 4.90 Å². The molecule has 0 spiro atoms. The molecule has 1 N–H and O–H groups in total. The first-order valence-electron chi connectivity index (χ1n) is 5.27. The average molecular weight is 262 g/mol. The maximum atomic E-state index is 12.9. The van der Waals surface area contributed by atoms with E-state index in [1.54, 1.807) is 6.07 Å². The van der Waals surface area contributed by atoms with Gasteiger partial charge in [-0.3, -0.25) is 4.79 Å². The van der Waals surface area contributed by atoms with Crippen molar-refractivity contribution < 1.29 is 9.18 Å². The van der Waals surface area contributed by atoms with Crippen molar-refractivity contribution in [2.24, 2.45) is 0 Å². The van der Waals surface area contributed by atoms with Crippen molar-refractivity contribution in [2.75, 3.05) is 11.6 Å². The molecule has 2 rings (SSSR count). The molecule has 0 saturated carbocycles. The summed E-state index contributed by atoms with van der Waals surface area (Å²) in [5.74, 6) is -1.09. The molecule has 5 heteroatoms. The number of carbonyl (C=O) groups excluding carboxylic acids is 1. The van der Waals surface area contributed by atoms with Crippen LogP contribution in [0.4, 0.5) is 10.1 Å². The number of hydrogen-bond donors (Lipinski definition) is 1. The number of aromatic nitrogens is 1. The highest BCUT2D eigenvalue weighted by atomic mass is 32.2. The van der Waals surface area contributed by atoms with E-state index in [2.05, 4.69) is 10.3 Å². The maximum Gasteiger partial charge on any atom is 0.274 e. The summed E-state index contributed by atoms with van der Waals surface area (Å²) in [4.78, 5) is 16.4. The van der Waals surface area contributed by atoms with E-state index < -0.39 is 11.9 Å². The second-order valence-corrected chi connectivity index (χ2v) is 4.35. The van der Waals surface area contributed by atoms with Crippen molar-refractivity contribution in [1.82, 2.24) is 4.98 Å². The predicted octanol–water partition coefficient (Wildman–Crippen LogP) is 3.19. The number of anilines is 1. The smallest absolute Gasteiger partial charge is 0.274 e. The quantitative estimate of drug-likeness (QED) is 0.682. The van der Waals surface area contributed by atoms with Gasteiger partial charge in [-0.2, -0.15) is 4.39 Å². The van der Waals surface area contributed by atoms with Crippen molar-refractivity contribution in [1.29, 1.82) is 0 Å². The third-order valence-electron chi connectivity index (χ3n) is 2.30. The van der Waals surface area contributed by atoms with Crippen LogP contribution in [0.25, 0.3) is 0 Å². The molecule has 0 fully saturated rings. The molecule has 0 radical (unpaired) electrons. The molecule has 1 heterocycles. The lowest BCUT2D eigenvalue weighted by molar-refractivity contribution is 0.102. The van der Waals surface area contributed by atoms with Crippen molar-refractivity contribution in [2.45, 2.75) is 4.90 Å². The Kier molecular flexibility index (Phi) is 3.94. The molecule has 92 valence electrons. The first kappa shape index (κ1) is 12.6. The van der Waals surface area contributed by atoms with Crippen LogP contribution in [-0.2, 0) is 0 Å². The molecule has 1 amide bonds. The largest absolute Gasteiger partial charge is 0.320 e. The Bertz CT molecular complexity index is 574. The number of nitrogens with one attached hydrogen (secondary N) is 1. The third kappa shape index (κ3) is 2.87. The van der Waals surface area contributed by atoms with Crippen LogP contribution in [0.15, 0.2) is 47.4 Å². The average Bonchev–Trinajstić information content (AvgIpc) is 2.39. The van der Waals surface area contributed by atoms with Crippen LogP contribution >= 0.6 is 11.8 Å². The minimum atomic E-state index is -0.666. The molecule has 0 atom stereocenters. The Morgan fingerprint density at radius 1 is 1.22 bits per heavy atom. The summed E-state index contributed by atoms with van der Waals surface area (Å²) >= 11 is 1.53. The first-order valence-corrected chi connectivity index (χ1v) is 6.50. The summed E-state index contributed by atoms with van der Waals surface area (Å²) in [7, 11) is 0. The number of pyridine rings is 1. The summed E-state index contributed by atoms with van der Waals surface area (Å²) in [5, 5.41) is 2.72. The van der Waals surface area contributed by atoms with E-state index >= 15 is 0 Å². The second-order valence-electron chi connectivity index (χ2n) is 3.50. The van der Waals surface area contributed by atoms with Crippen molar-refractivity contribution in [3.8, 4) is 0 Å². The molecule has 0 bridgehead atoms. The van der Waals surface area contributed by atoms with Gasteiger partial charge in [-0.1, -0.05) is 18.2 Å². The Labute approximate surface area is 108 Å². The molecular formula is C13H11FN2OS. The van der Waals surface area contributed by atoms with Gasteiger partial charge in [-0.25, -0.2) is 4.98 Å². The number of carbonyl (C=O) groups is 1. The lowest BCUT2D eigenvalue weighted by Crippen LogP contribution is -2.14. The van der Waals surface area contributed by atoms with Crippen molar-refractivity contribution >= 4 is 23.4 Å². The molecule has 0 unspecified atom stereocenters. The van der Waals surface area contributed by atoms with Crippen LogP contribution in [-0.4, -0.2) is 17.1 Å². The van der Waals surface area contributed by atoms with Gasteiger partial charge in [0.15, 0.2) is 0 Å². The highest BCUT2D eigenvalue weighted by molar-refractivity contribution is 7.98. The number of rotatable bonds is 3. The fourth-order valence-corrected chi connectivity index (χ4v) is 2.02. The lowest BCUT2D eigenvalue weighted by atomic mass is 10.3. The van der Waals surface area contributed by atoms with Gasteiger partial charge in [0.2, 0.25) is 5.95 Å². The summed E-state index contributed by atoms with van der Waals surface area (Å²) in [6.45, 7) is 0. The van der Waals surface area contributed by atoms with E-state index in [1.165, 1.54) is 30.0 Å². The van der Waals surface area contributed by atoms with E-state index in [9.17, 15) is 9.18 Å². The molecule has 18 heavy (non-hydrogen) atoms. The normalized spacial score (nSPS) is 10.1. The van der Waals surface area contributed by atoms with Crippen LogP contribution in [0, 0.1) is 5.95 Å². The number of amides is 1. The topological polar surface area (TPSA) is 42.0 Å². The summed E-state index contributed by atoms with van der Waals surface area (Å²) in [5.41, 5.74) is 0.756. The predicted molar refractivity (Wildman–Crippen MR) is 70.4 cm³/mol. The van der Waals surface area contributed by atoms with Gasteiger partial charge in [-0.05, 0) is 30.5 Å². The fourth-order valence-electron chi connectivity index (χ4n) is 1.47. The Balaban J connectivity index is 2.21. The summed E-state index contributed by atoms with van der Waals surface area (Å²) in [6.07, 6.45) is 1.92. The molecular weight excluding hydrogens is 251 g/mol. The molecule has 1 aromatic carbocycles. The number of benzene rings is 1. The maximum absolute atomic E-state index is 12.9. The zero-order valence-corrected chi connectivity index (χ0v) is 10.5. The summed E-state index contributed by atoms with van der Waals surface area (Å²) in [6, 6.07) is 11.5. The van der Waals surface area contributed by atoms with Gasteiger partial charge in [0, 0.05) is 4.90 Å². The van der Waals surface area contributed by atoms with Crippen LogP contribution in [0.2, 0.25) is 0 Å². The van der Waals surface area contributed by atoms with Crippen molar-refractivity contribution in [3.05, 3.63) is 54.1 Å². The van der Waals surface area contributed by atoms with E-state index in [1.807, 2.05) is 24.5 Å². The number of halogens is 1. The van der Waals surface area contributed by atoms with Gasteiger partial charge >= 0.3 is 0 Å². The van der Waals surface area contributed by atoms with E-state index in [-0.39, 0.29) is 5.69 Å². The highest BCUT2D eigenvalue weighted by Crippen LogP contribution is 2.24. The standard InChI is InChI=1S/C13H11FN2OS/c1-18-11-7-3-2-5-9(11)16-13(17)10-6-4-8-12(14)15-10/h2-8H,1H3,(H,16,17). The molecule has 1 aromatic heterocycles. The Hall–Kier alpha value is -1.88. The van der Waals surface area contributed by atoms with Crippen molar-refractivity contribution in [3.63, 3.8) is 0 Å².